The third kappa shape index (κ3) is 6.41. The van der Waals surface area contributed by atoms with Gasteiger partial charge in [-0.3, -0.25) is 0 Å². The van der Waals surface area contributed by atoms with Crippen molar-refractivity contribution in [2.24, 2.45) is 0 Å². The molecule has 2 rings (SSSR count). The number of hydrogen-bond donors (Lipinski definition) is 2. The van der Waals surface area contributed by atoms with Crippen molar-refractivity contribution in [2.45, 2.75) is 84.2 Å². The van der Waals surface area contributed by atoms with E-state index < -0.39 is 11.6 Å². The summed E-state index contributed by atoms with van der Waals surface area (Å²) in [7, 11) is 0. The summed E-state index contributed by atoms with van der Waals surface area (Å²) in [5.41, 5.74) is 0.872. The Labute approximate surface area is 178 Å². The second-order valence-corrected chi connectivity index (χ2v) is 9.10. The molecular formula is C25H35F3O2. The number of hydrogen-bond acceptors (Lipinski definition) is 2. The van der Waals surface area contributed by atoms with Gasteiger partial charge in [0.25, 0.3) is 0 Å². The van der Waals surface area contributed by atoms with Crippen LogP contribution in [-0.2, 0) is 10.8 Å². The van der Waals surface area contributed by atoms with E-state index in [4.69, 9.17) is 5.11 Å². The highest BCUT2D eigenvalue weighted by Crippen LogP contribution is 2.43. The lowest BCUT2D eigenvalue weighted by Crippen LogP contribution is -2.38. The van der Waals surface area contributed by atoms with Gasteiger partial charge in [0.05, 0.1) is 5.41 Å². The molecule has 0 saturated carbocycles. The largest absolute Gasteiger partial charge is 0.508 e. The minimum Gasteiger partial charge on any atom is -0.508 e. The molecule has 0 aliphatic rings. The fourth-order valence-corrected chi connectivity index (χ4v) is 2.99. The zero-order valence-corrected chi connectivity index (χ0v) is 19.1. The lowest BCUT2D eigenvalue weighted by Gasteiger charge is -2.31. The Balaban J connectivity index is 0.000000300. The molecule has 0 amide bonds. The molecule has 30 heavy (non-hydrogen) atoms. The predicted octanol–water partition coefficient (Wildman–Crippen LogP) is 7.83. The average molecular weight is 425 g/mol. The predicted molar refractivity (Wildman–Crippen MR) is 117 cm³/mol. The summed E-state index contributed by atoms with van der Waals surface area (Å²) in [4.78, 5) is 0. The Morgan fingerprint density at radius 3 is 1.73 bits per heavy atom. The van der Waals surface area contributed by atoms with Gasteiger partial charge in [0.2, 0.25) is 0 Å². The number of phenols is 2. The van der Waals surface area contributed by atoms with E-state index in [2.05, 4.69) is 40.7 Å². The van der Waals surface area contributed by atoms with Gasteiger partial charge in [-0.2, -0.15) is 13.2 Å². The van der Waals surface area contributed by atoms with Crippen LogP contribution in [0.15, 0.2) is 42.5 Å². The Kier molecular flexibility index (Phi) is 8.41. The van der Waals surface area contributed by atoms with Crippen molar-refractivity contribution in [3.63, 3.8) is 0 Å². The molecule has 2 unspecified atom stereocenters. The van der Waals surface area contributed by atoms with Crippen LogP contribution >= 0.6 is 0 Å². The molecule has 0 aromatic heterocycles. The standard InChI is InChI=1S/C14H22O.C11H13F3O/c1-6-10(2)11-7-12(14(3,4)5)9-13(15)8-11;1-3-10(2,11(12,13)14)8-4-6-9(15)7-5-8/h7-10,15H,6H2,1-5H3;4-7,15H,3H2,1-2H3. The van der Waals surface area contributed by atoms with Crippen molar-refractivity contribution in [1.29, 1.82) is 0 Å². The molecule has 2 N–H and O–H groups in total. The van der Waals surface area contributed by atoms with Gasteiger partial charge < -0.3 is 10.2 Å². The lowest BCUT2D eigenvalue weighted by molar-refractivity contribution is -0.186. The monoisotopic (exact) mass is 424 g/mol. The highest BCUT2D eigenvalue weighted by molar-refractivity contribution is 5.38. The van der Waals surface area contributed by atoms with Crippen LogP contribution in [0.3, 0.4) is 0 Å². The Morgan fingerprint density at radius 2 is 1.33 bits per heavy atom. The number of halogens is 3. The molecule has 0 heterocycles. The maximum Gasteiger partial charge on any atom is 0.398 e. The highest BCUT2D eigenvalue weighted by Gasteiger charge is 2.50. The lowest BCUT2D eigenvalue weighted by atomic mass is 9.79. The van der Waals surface area contributed by atoms with Crippen molar-refractivity contribution in [2.75, 3.05) is 0 Å². The zero-order chi connectivity index (χ0) is 23.3. The Hall–Kier alpha value is -2.17. The van der Waals surface area contributed by atoms with Crippen LogP contribution in [0.5, 0.6) is 11.5 Å². The third-order valence-corrected chi connectivity index (χ3v) is 5.82. The molecule has 0 fully saturated rings. The maximum absolute atomic E-state index is 12.8. The number of phenolic OH excluding ortho intramolecular Hbond substituents is 2. The molecule has 2 nitrogen and oxygen atoms in total. The van der Waals surface area contributed by atoms with E-state index in [1.807, 2.05) is 12.1 Å². The molecule has 0 aliphatic carbocycles. The van der Waals surface area contributed by atoms with E-state index >= 15 is 0 Å². The van der Waals surface area contributed by atoms with Gasteiger partial charge in [0.1, 0.15) is 11.5 Å². The summed E-state index contributed by atoms with van der Waals surface area (Å²) in [6, 6.07) is 11.1. The SMILES string of the molecule is CCC(C)(c1ccc(O)cc1)C(F)(F)F.CCC(C)c1cc(O)cc(C(C)(C)C)c1. The quantitative estimate of drug-likeness (QED) is 0.525. The van der Waals surface area contributed by atoms with Crippen LogP contribution in [0.25, 0.3) is 0 Å². The highest BCUT2D eigenvalue weighted by atomic mass is 19.4. The van der Waals surface area contributed by atoms with Crippen LogP contribution in [-0.4, -0.2) is 16.4 Å². The van der Waals surface area contributed by atoms with E-state index in [9.17, 15) is 18.3 Å². The average Bonchev–Trinajstić information content (AvgIpc) is 2.65. The number of alkyl halides is 3. The number of aromatic hydroxyl groups is 2. The zero-order valence-electron chi connectivity index (χ0n) is 19.1. The summed E-state index contributed by atoms with van der Waals surface area (Å²) >= 11 is 0. The molecule has 2 aromatic rings. The van der Waals surface area contributed by atoms with Gasteiger partial charge in [-0.15, -0.1) is 0 Å². The van der Waals surface area contributed by atoms with E-state index in [0.717, 1.165) is 6.42 Å². The molecule has 0 saturated heterocycles. The van der Waals surface area contributed by atoms with Gasteiger partial charge in [0.15, 0.2) is 0 Å². The minimum atomic E-state index is -4.28. The molecular weight excluding hydrogens is 389 g/mol. The molecule has 5 heteroatoms. The van der Waals surface area contributed by atoms with Crippen LogP contribution in [0.4, 0.5) is 13.2 Å². The Morgan fingerprint density at radius 1 is 0.800 bits per heavy atom. The molecule has 168 valence electrons. The second kappa shape index (κ2) is 9.76. The topological polar surface area (TPSA) is 40.5 Å². The summed E-state index contributed by atoms with van der Waals surface area (Å²) in [6.07, 6.45) is -3.20. The first-order chi connectivity index (χ1) is 13.7. The third-order valence-electron chi connectivity index (χ3n) is 5.82. The van der Waals surface area contributed by atoms with E-state index in [1.54, 1.807) is 0 Å². The molecule has 2 atom stereocenters. The maximum atomic E-state index is 12.8. The first-order valence-corrected chi connectivity index (χ1v) is 10.4. The molecule has 0 aliphatic heterocycles. The number of rotatable bonds is 4. The van der Waals surface area contributed by atoms with Crippen LogP contribution < -0.4 is 0 Å². The smallest absolute Gasteiger partial charge is 0.398 e. The fraction of sp³-hybridized carbons (Fsp3) is 0.520. The van der Waals surface area contributed by atoms with Gasteiger partial charge in [0, 0.05) is 0 Å². The van der Waals surface area contributed by atoms with Crippen molar-refractivity contribution in [3.05, 3.63) is 59.2 Å². The van der Waals surface area contributed by atoms with Crippen LogP contribution in [0.2, 0.25) is 0 Å². The minimum absolute atomic E-state index is 0.0265. The van der Waals surface area contributed by atoms with Crippen LogP contribution in [0, 0.1) is 0 Å². The Bertz CT molecular complexity index is 805. The molecule has 0 bridgehead atoms. The second-order valence-electron chi connectivity index (χ2n) is 9.10. The summed E-state index contributed by atoms with van der Waals surface area (Å²) in [6.45, 7) is 13.5. The van der Waals surface area contributed by atoms with Crippen LogP contribution in [0.1, 0.15) is 83.9 Å². The normalized spacial score (nSPS) is 15.0. The first-order valence-electron chi connectivity index (χ1n) is 10.4. The summed E-state index contributed by atoms with van der Waals surface area (Å²) in [5, 5.41) is 18.7. The van der Waals surface area contributed by atoms with Gasteiger partial charge in [-0.05, 0) is 72.1 Å². The van der Waals surface area contributed by atoms with E-state index in [0.29, 0.717) is 11.7 Å². The summed E-state index contributed by atoms with van der Waals surface area (Å²) in [5.74, 6) is 0.871. The van der Waals surface area contributed by atoms with E-state index in [-0.39, 0.29) is 23.1 Å². The number of benzene rings is 2. The molecule has 2 aromatic carbocycles. The summed E-state index contributed by atoms with van der Waals surface area (Å²) < 4.78 is 38.5. The van der Waals surface area contributed by atoms with Gasteiger partial charge in [-0.1, -0.05) is 59.7 Å². The van der Waals surface area contributed by atoms with Crippen molar-refractivity contribution in [3.8, 4) is 11.5 Å². The van der Waals surface area contributed by atoms with Crippen molar-refractivity contribution < 1.29 is 23.4 Å². The van der Waals surface area contributed by atoms with Gasteiger partial charge in [-0.25, -0.2) is 0 Å². The fourth-order valence-electron chi connectivity index (χ4n) is 2.99. The van der Waals surface area contributed by atoms with Crippen molar-refractivity contribution in [1.82, 2.24) is 0 Å². The van der Waals surface area contributed by atoms with Crippen molar-refractivity contribution >= 4 is 0 Å². The first kappa shape index (κ1) is 25.9. The van der Waals surface area contributed by atoms with E-state index in [1.165, 1.54) is 49.2 Å². The molecule has 0 radical (unpaired) electrons. The molecule has 0 spiro atoms. The van der Waals surface area contributed by atoms with Gasteiger partial charge >= 0.3 is 6.18 Å².